The molecule has 0 atom stereocenters. The summed E-state index contributed by atoms with van der Waals surface area (Å²) in [6.07, 6.45) is 0. The monoisotopic (exact) mass is 442 g/mol. The molecular formula is C22H23FN4O5. The fourth-order valence-corrected chi connectivity index (χ4v) is 3.75. The van der Waals surface area contributed by atoms with E-state index >= 15 is 0 Å². The summed E-state index contributed by atoms with van der Waals surface area (Å²) in [5.41, 5.74) is 1.65. The molecule has 10 heteroatoms. The van der Waals surface area contributed by atoms with Gasteiger partial charge in [-0.2, -0.15) is 0 Å². The van der Waals surface area contributed by atoms with Crippen LogP contribution in [0.1, 0.15) is 21.5 Å². The first-order valence-electron chi connectivity index (χ1n) is 10.0. The number of benzene rings is 2. The van der Waals surface area contributed by atoms with E-state index in [1.165, 1.54) is 16.7 Å². The second-order valence-electron chi connectivity index (χ2n) is 7.80. The van der Waals surface area contributed by atoms with Crippen molar-refractivity contribution in [2.24, 2.45) is 5.18 Å². The number of nitrogens with zero attached hydrogens (tertiary/aromatic N) is 3. The number of hydrogen-bond acceptors (Lipinski definition) is 7. The Balaban J connectivity index is 1.74. The Kier molecular flexibility index (Phi) is 6.06. The molecule has 1 aliphatic heterocycles. The number of aromatic hydroxyl groups is 1. The van der Waals surface area contributed by atoms with Gasteiger partial charge in [-0.1, -0.05) is 0 Å². The van der Waals surface area contributed by atoms with E-state index in [0.717, 1.165) is 0 Å². The molecule has 0 unspecified atom stereocenters. The Bertz CT molecular complexity index is 1190. The van der Waals surface area contributed by atoms with Gasteiger partial charge in [0.1, 0.15) is 11.6 Å². The Labute approximate surface area is 183 Å². The Morgan fingerprint density at radius 2 is 2.12 bits per heavy atom. The van der Waals surface area contributed by atoms with E-state index in [1.54, 1.807) is 18.2 Å². The molecule has 0 radical (unpaired) electrons. The van der Waals surface area contributed by atoms with Crippen LogP contribution in [-0.4, -0.2) is 54.5 Å². The lowest BCUT2D eigenvalue weighted by atomic mass is 10.1. The number of halogens is 1. The maximum absolute atomic E-state index is 14.2. The van der Waals surface area contributed by atoms with Crippen LogP contribution in [0.5, 0.6) is 11.6 Å². The SMILES string of the molecule is CN(C)CCNC(=O)c1ccc2c(N=O)c(O)n(Cc3cc(F)cc4c3OCOC4)c2c1. The molecule has 9 nitrogen and oxygen atoms in total. The average Bonchev–Trinajstić information content (AvgIpc) is 3.03. The smallest absolute Gasteiger partial charge is 0.251 e. The number of carbonyl (C=O) groups excluding carboxylic acids is 1. The van der Waals surface area contributed by atoms with Crippen LogP contribution in [0.25, 0.3) is 10.9 Å². The molecule has 0 fully saturated rings. The Morgan fingerprint density at radius 1 is 1.31 bits per heavy atom. The zero-order valence-electron chi connectivity index (χ0n) is 17.7. The number of nitrogens with one attached hydrogen (secondary N) is 1. The van der Waals surface area contributed by atoms with E-state index in [0.29, 0.717) is 46.4 Å². The van der Waals surface area contributed by atoms with Crippen molar-refractivity contribution >= 4 is 22.5 Å². The van der Waals surface area contributed by atoms with Crippen LogP contribution in [0.3, 0.4) is 0 Å². The van der Waals surface area contributed by atoms with Crippen molar-refractivity contribution in [2.75, 3.05) is 34.0 Å². The van der Waals surface area contributed by atoms with Crippen LogP contribution in [0.15, 0.2) is 35.5 Å². The fourth-order valence-electron chi connectivity index (χ4n) is 3.75. The first-order valence-corrected chi connectivity index (χ1v) is 10.0. The molecular weight excluding hydrogens is 419 g/mol. The van der Waals surface area contributed by atoms with Crippen molar-refractivity contribution in [1.29, 1.82) is 0 Å². The quantitative estimate of drug-likeness (QED) is 0.545. The highest BCUT2D eigenvalue weighted by molar-refractivity contribution is 6.02. The normalized spacial score (nSPS) is 13.1. The predicted octanol–water partition coefficient (Wildman–Crippen LogP) is 3.09. The molecule has 32 heavy (non-hydrogen) atoms. The minimum absolute atomic E-state index is 0.00362. The van der Waals surface area contributed by atoms with E-state index < -0.39 is 5.82 Å². The summed E-state index contributed by atoms with van der Waals surface area (Å²) in [4.78, 5) is 25.9. The number of nitroso groups, excluding NO2 is 1. The number of likely N-dealkylation sites (N-methyl/N-ethyl adjacent to an activating group) is 1. The molecule has 0 aliphatic carbocycles. The van der Waals surface area contributed by atoms with Gasteiger partial charge in [-0.05, 0) is 49.6 Å². The van der Waals surface area contributed by atoms with Gasteiger partial charge in [-0.15, -0.1) is 4.91 Å². The number of aromatic nitrogens is 1. The van der Waals surface area contributed by atoms with Crippen molar-refractivity contribution in [3.05, 3.63) is 57.7 Å². The number of ether oxygens (including phenoxy) is 2. The number of carbonyl (C=O) groups is 1. The second-order valence-corrected chi connectivity index (χ2v) is 7.80. The van der Waals surface area contributed by atoms with Crippen molar-refractivity contribution in [2.45, 2.75) is 13.2 Å². The molecule has 2 heterocycles. The summed E-state index contributed by atoms with van der Waals surface area (Å²) in [5.74, 6) is -0.661. The third kappa shape index (κ3) is 4.14. The largest absolute Gasteiger partial charge is 0.493 e. The number of rotatable bonds is 7. The Morgan fingerprint density at radius 3 is 2.88 bits per heavy atom. The molecule has 0 saturated carbocycles. The molecule has 2 aromatic carbocycles. The van der Waals surface area contributed by atoms with Gasteiger partial charge in [0.05, 0.1) is 18.7 Å². The fraction of sp³-hybridized carbons (Fsp3) is 0.318. The summed E-state index contributed by atoms with van der Waals surface area (Å²) >= 11 is 0. The average molecular weight is 442 g/mol. The van der Waals surface area contributed by atoms with Gasteiger partial charge in [0.15, 0.2) is 12.5 Å². The van der Waals surface area contributed by atoms with E-state index in [2.05, 4.69) is 10.5 Å². The third-order valence-corrected chi connectivity index (χ3v) is 5.29. The maximum Gasteiger partial charge on any atom is 0.251 e. The van der Waals surface area contributed by atoms with Crippen molar-refractivity contribution in [3.8, 4) is 11.6 Å². The van der Waals surface area contributed by atoms with E-state index in [9.17, 15) is 19.2 Å². The lowest BCUT2D eigenvalue weighted by Gasteiger charge is -2.21. The number of amides is 1. The summed E-state index contributed by atoms with van der Waals surface area (Å²) in [7, 11) is 3.81. The number of hydrogen-bond donors (Lipinski definition) is 2. The highest BCUT2D eigenvalue weighted by Gasteiger charge is 2.23. The minimum atomic E-state index is -0.474. The summed E-state index contributed by atoms with van der Waals surface area (Å²) in [6.45, 7) is 1.38. The molecule has 0 spiro atoms. The van der Waals surface area contributed by atoms with E-state index in [4.69, 9.17) is 9.47 Å². The van der Waals surface area contributed by atoms with E-state index in [-0.39, 0.29) is 37.4 Å². The first-order chi connectivity index (χ1) is 15.4. The van der Waals surface area contributed by atoms with Crippen LogP contribution in [0.2, 0.25) is 0 Å². The van der Waals surface area contributed by atoms with Crippen LogP contribution < -0.4 is 10.1 Å². The standard InChI is InChI=1S/C22H23FN4O5/c1-26(2)6-5-24-21(28)13-3-4-17-18(9-13)27(22(29)19(17)25-30)10-14-7-16(23)8-15-11-31-12-32-20(14)15/h3-4,7-9,29H,5-6,10-12H2,1-2H3,(H,24,28). The Hall–Kier alpha value is -3.50. The van der Waals surface area contributed by atoms with E-state index in [1.807, 2.05) is 19.0 Å². The lowest BCUT2D eigenvalue weighted by Crippen LogP contribution is -2.31. The zero-order valence-corrected chi connectivity index (χ0v) is 17.7. The molecule has 1 amide bonds. The number of fused-ring (bicyclic) bond motifs is 2. The zero-order chi connectivity index (χ0) is 22.8. The first kappa shape index (κ1) is 21.7. The molecule has 0 bridgehead atoms. The molecule has 0 saturated heterocycles. The van der Waals surface area contributed by atoms with Crippen LogP contribution in [-0.2, 0) is 17.9 Å². The molecule has 1 aromatic heterocycles. The van der Waals surface area contributed by atoms with Crippen LogP contribution >= 0.6 is 0 Å². The van der Waals surface area contributed by atoms with Crippen molar-refractivity contribution in [3.63, 3.8) is 0 Å². The van der Waals surface area contributed by atoms with Gasteiger partial charge in [-0.25, -0.2) is 4.39 Å². The molecule has 4 rings (SSSR count). The molecule has 2 N–H and O–H groups in total. The predicted molar refractivity (Wildman–Crippen MR) is 116 cm³/mol. The van der Waals surface area contributed by atoms with Crippen LogP contribution in [0.4, 0.5) is 10.1 Å². The summed E-state index contributed by atoms with van der Waals surface area (Å²) in [6, 6.07) is 7.34. The van der Waals surface area contributed by atoms with Gasteiger partial charge in [0.2, 0.25) is 5.88 Å². The summed E-state index contributed by atoms with van der Waals surface area (Å²) < 4.78 is 26.4. The van der Waals surface area contributed by atoms with Crippen molar-refractivity contribution in [1.82, 2.24) is 14.8 Å². The van der Waals surface area contributed by atoms with Gasteiger partial charge in [0.25, 0.3) is 5.91 Å². The minimum Gasteiger partial charge on any atom is -0.493 e. The van der Waals surface area contributed by atoms with Gasteiger partial charge < -0.3 is 29.4 Å². The maximum atomic E-state index is 14.2. The second kappa shape index (κ2) is 8.93. The highest BCUT2D eigenvalue weighted by Crippen LogP contribution is 2.40. The third-order valence-electron chi connectivity index (χ3n) is 5.29. The van der Waals surface area contributed by atoms with Gasteiger partial charge >= 0.3 is 0 Å². The molecule has 3 aromatic rings. The van der Waals surface area contributed by atoms with Gasteiger partial charge in [0, 0.05) is 35.2 Å². The van der Waals surface area contributed by atoms with Gasteiger partial charge in [-0.3, -0.25) is 4.79 Å². The lowest BCUT2D eigenvalue weighted by molar-refractivity contribution is -0.0173. The summed E-state index contributed by atoms with van der Waals surface area (Å²) in [5, 5.41) is 16.9. The highest BCUT2D eigenvalue weighted by atomic mass is 19.1. The van der Waals surface area contributed by atoms with Crippen molar-refractivity contribution < 1.29 is 23.8 Å². The molecule has 168 valence electrons. The topological polar surface area (TPSA) is 105 Å². The van der Waals surface area contributed by atoms with Crippen LogP contribution in [0, 0.1) is 10.7 Å². The molecule has 1 aliphatic rings.